The van der Waals surface area contributed by atoms with E-state index in [1.807, 2.05) is 0 Å². The standard InChI is InChI=1S/C15H23N3O5/c1-7-21-11(19)8-22-13-16-9(2)12(10(3)17-13)18-14(20)23-15(4,5)6/h7-8H2,1-6H3,(H,18,20). The Bertz CT molecular complexity index is 558. The number of carbonyl (C=O) groups excluding carboxylic acids is 2. The van der Waals surface area contributed by atoms with E-state index in [4.69, 9.17) is 14.2 Å². The van der Waals surface area contributed by atoms with E-state index in [-0.39, 0.29) is 19.2 Å². The van der Waals surface area contributed by atoms with Crippen LogP contribution >= 0.6 is 0 Å². The van der Waals surface area contributed by atoms with Gasteiger partial charge in [-0.05, 0) is 41.5 Å². The molecule has 8 heteroatoms. The van der Waals surface area contributed by atoms with E-state index in [1.165, 1.54) is 0 Å². The number of rotatable bonds is 5. The molecule has 0 aliphatic rings. The SMILES string of the molecule is CCOC(=O)COc1nc(C)c(NC(=O)OC(C)(C)C)c(C)n1. The van der Waals surface area contributed by atoms with Crippen molar-refractivity contribution in [3.8, 4) is 6.01 Å². The number of aryl methyl sites for hydroxylation is 2. The number of carbonyl (C=O) groups is 2. The summed E-state index contributed by atoms with van der Waals surface area (Å²) in [5.74, 6) is -0.498. The third kappa shape index (κ3) is 6.50. The van der Waals surface area contributed by atoms with Gasteiger partial charge in [-0.3, -0.25) is 5.32 Å². The number of aromatic nitrogens is 2. The molecule has 128 valence electrons. The summed E-state index contributed by atoms with van der Waals surface area (Å²) in [4.78, 5) is 31.3. The zero-order chi connectivity index (χ0) is 17.6. The molecule has 0 bridgehead atoms. The van der Waals surface area contributed by atoms with Gasteiger partial charge in [0.15, 0.2) is 6.61 Å². The molecule has 1 amide bonds. The van der Waals surface area contributed by atoms with E-state index in [1.54, 1.807) is 41.5 Å². The van der Waals surface area contributed by atoms with Crippen LogP contribution in [0.2, 0.25) is 0 Å². The Hall–Kier alpha value is -2.38. The van der Waals surface area contributed by atoms with E-state index in [0.29, 0.717) is 17.1 Å². The fourth-order valence-corrected chi connectivity index (χ4v) is 1.66. The molecule has 1 N–H and O–H groups in total. The Labute approximate surface area is 135 Å². The van der Waals surface area contributed by atoms with Gasteiger partial charge < -0.3 is 14.2 Å². The topological polar surface area (TPSA) is 99.6 Å². The van der Waals surface area contributed by atoms with Crippen molar-refractivity contribution in [3.05, 3.63) is 11.4 Å². The van der Waals surface area contributed by atoms with Crippen LogP contribution in [0.5, 0.6) is 6.01 Å². The minimum absolute atomic E-state index is 0.0443. The molecular formula is C15H23N3O5. The van der Waals surface area contributed by atoms with E-state index in [9.17, 15) is 9.59 Å². The molecule has 1 rings (SSSR count). The maximum absolute atomic E-state index is 11.8. The fraction of sp³-hybridized carbons (Fsp3) is 0.600. The first-order chi connectivity index (χ1) is 10.6. The Morgan fingerprint density at radius 1 is 1.13 bits per heavy atom. The second kappa shape index (κ2) is 7.75. The third-order valence-corrected chi connectivity index (χ3v) is 2.50. The maximum Gasteiger partial charge on any atom is 0.412 e. The van der Waals surface area contributed by atoms with Crippen LogP contribution < -0.4 is 10.1 Å². The molecule has 1 aromatic rings. The molecule has 0 spiro atoms. The average Bonchev–Trinajstić information content (AvgIpc) is 2.39. The van der Waals surface area contributed by atoms with E-state index < -0.39 is 17.7 Å². The number of esters is 1. The summed E-state index contributed by atoms with van der Waals surface area (Å²) >= 11 is 0. The van der Waals surface area contributed by atoms with E-state index in [0.717, 1.165) is 0 Å². The van der Waals surface area contributed by atoms with Gasteiger partial charge in [-0.2, -0.15) is 9.97 Å². The highest BCUT2D eigenvalue weighted by Gasteiger charge is 2.19. The summed E-state index contributed by atoms with van der Waals surface area (Å²) in [6.45, 7) is 10.4. The lowest BCUT2D eigenvalue weighted by Gasteiger charge is -2.20. The van der Waals surface area contributed by atoms with Crippen LogP contribution in [-0.4, -0.2) is 40.8 Å². The van der Waals surface area contributed by atoms with E-state index >= 15 is 0 Å². The Morgan fingerprint density at radius 2 is 1.70 bits per heavy atom. The molecule has 8 nitrogen and oxygen atoms in total. The smallest absolute Gasteiger partial charge is 0.412 e. The molecule has 0 unspecified atom stereocenters. The van der Waals surface area contributed by atoms with Crippen LogP contribution in [0.4, 0.5) is 10.5 Å². The van der Waals surface area contributed by atoms with Crippen molar-refractivity contribution in [2.75, 3.05) is 18.5 Å². The Balaban J connectivity index is 2.77. The molecule has 0 fully saturated rings. The van der Waals surface area contributed by atoms with Crippen molar-refractivity contribution in [2.24, 2.45) is 0 Å². The molecular weight excluding hydrogens is 302 g/mol. The van der Waals surface area contributed by atoms with Crippen molar-refractivity contribution in [1.82, 2.24) is 9.97 Å². The zero-order valence-electron chi connectivity index (χ0n) is 14.3. The number of hydrogen-bond acceptors (Lipinski definition) is 7. The minimum atomic E-state index is -0.602. The van der Waals surface area contributed by atoms with Gasteiger partial charge >= 0.3 is 18.1 Å². The summed E-state index contributed by atoms with van der Waals surface area (Å²) in [5.41, 5.74) is 0.849. The predicted octanol–water partition coefficient (Wildman–Crippen LogP) is 2.38. The molecule has 1 aromatic heterocycles. The van der Waals surface area contributed by atoms with E-state index in [2.05, 4.69) is 15.3 Å². The molecule has 0 aromatic carbocycles. The Morgan fingerprint density at radius 3 is 2.17 bits per heavy atom. The van der Waals surface area contributed by atoms with Gasteiger partial charge in [-0.25, -0.2) is 9.59 Å². The second-order valence-corrected chi connectivity index (χ2v) is 5.77. The molecule has 1 heterocycles. The largest absolute Gasteiger partial charge is 0.463 e. The summed E-state index contributed by atoms with van der Waals surface area (Å²) in [6.07, 6.45) is -0.590. The highest BCUT2D eigenvalue weighted by Crippen LogP contribution is 2.20. The lowest BCUT2D eigenvalue weighted by atomic mass is 10.2. The molecule has 0 saturated heterocycles. The molecule has 23 heavy (non-hydrogen) atoms. The number of nitrogens with one attached hydrogen (secondary N) is 1. The summed E-state index contributed by atoms with van der Waals surface area (Å²) in [6, 6.07) is 0.0443. The molecule has 0 saturated carbocycles. The van der Waals surface area contributed by atoms with Crippen LogP contribution in [0, 0.1) is 13.8 Å². The summed E-state index contributed by atoms with van der Waals surface area (Å²) in [7, 11) is 0. The van der Waals surface area contributed by atoms with Crippen molar-refractivity contribution >= 4 is 17.7 Å². The third-order valence-electron chi connectivity index (χ3n) is 2.50. The van der Waals surface area contributed by atoms with Gasteiger partial charge in [0, 0.05) is 0 Å². The lowest BCUT2D eigenvalue weighted by molar-refractivity contribution is -0.145. The summed E-state index contributed by atoms with van der Waals surface area (Å²) in [5, 5.41) is 2.61. The molecule has 0 radical (unpaired) electrons. The van der Waals surface area contributed by atoms with Gasteiger partial charge in [0.05, 0.1) is 23.7 Å². The number of nitrogens with zero attached hydrogens (tertiary/aromatic N) is 2. The van der Waals surface area contributed by atoms with Gasteiger partial charge in [-0.15, -0.1) is 0 Å². The van der Waals surface area contributed by atoms with Crippen LogP contribution in [0.15, 0.2) is 0 Å². The van der Waals surface area contributed by atoms with Crippen LogP contribution in [0.1, 0.15) is 39.1 Å². The highest BCUT2D eigenvalue weighted by atomic mass is 16.6. The average molecular weight is 325 g/mol. The molecule has 0 aliphatic heterocycles. The first-order valence-corrected chi connectivity index (χ1v) is 7.26. The first-order valence-electron chi connectivity index (χ1n) is 7.26. The van der Waals surface area contributed by atoms with Crippen LogP contribution in [0.25, 0.3) is 0 Å². The highest BCUT2D eigenvalue weighted by molar-refractivity contribution is 5.86. The number of anilines is 1. The fourth-order valence-electron chi connectivity index (χ4n) is 1.66. The number of amides is 1. The van der Waals surface area contributed by atoms with Gasteiger partial charge in [-0.1, -0.05) is 0 Å². The quantitative estimate of drug-likeness (QED) is 0.830. The van der Waals surface area contributed by atoms with Crippen molar-refractivity contribution in [2.45, 2.75) is 47.1 Å². The number of ether oxygens (including phenoxy) is 3. The predicted molar refractivity (Wildman–Crippen MR) is 83.5 cm³/mol. The van der Waals surface area contributed by atoms with Crippen molar-refractivity contribution in [1.29, 1.82) is 0 Å². The summed E-state index contributed by atoms with van der Waals surface area (Å²) < 4.78 is 15.1. The second-order valence-electron chi connectivity index (χ2n) is 5.77. The van der Waals surface area contributed by atoms with Crippen LogP contribution in [0.3, 0.4) is 0 Å². The van der Waals surface area contributed by atoms with Crippen molar-refractivity contribution < 1.29 is 23.8 Å². The maximum atomic E-state index is 11.8. The molecule has 0 aliphatic carbocycles. The van der Waals surface area contributed by atoms with Crippen LogP contribution in [-0.2, 0) is 14.3 Å². The van der Waals surface area contributed by atoms with Gasteiger partial charge in [0.1, 0.15) is 5.60 Å². The monoisotopic (exact) mass is 325 g/mol. The normalized spacial score (nSPS) is 10.9. The number of hydrogen-bond donors (Lipinski definition) is 1. The first kappa shape index (κ1) is 18.7. The lowest BCUT2D eigenvalue weighted by Crippen LogP contribution is -2.28. The minimum Gasteiger partial charge on any atom is -0.463 e. The van der Waals surface area contributed by atoms with Gasteiger partial charge in [0.2, 0.25) is 0 Å². The zero-order valence-corrected chi connectivity index (χ0v) is 14.3. The molecule has 0 atom stereocenters. The van der Waals surface area contributed by atoms with Gasteiger partial charge in [0.25, 0.3) is 0 Å². The Kier molecular flexibility index (Phi) is 6.29. The van der Waals surface area contributed by atoms with Crippen molar-refractivity contribution in [3.63, 3.8) is 0 Å².